The van der Waals surface area contributed by atoms with E-state index in [1.165, 1.54) is 24.3 Å². The smallest absolute Gasteiger partial charge is 0.169 e. The summed E-state index contributed by atoms with van der Waals surface area (Å²) in [6, 6.07) is 12.1. The first-order valence-electron chi connectivity index (χ1n) is 11.1. The van der Waals surface area contributed by atoms with E-state index in [9.17, 15) is 18.7 Å². The monoisotopic (exact) mass is 424 g/mol. The van der Waals surface area contributed by atoms with Crippen LogP contribution < -0.4 is 0 Å². The zero-order valence-corrected chi connectivity index (χ0v) is 17.3. The zero-order valence-electron chi connectivity index (χ0n) is 17.3. The van der Waals surface area contributed by atoms with Crippen LogP contribution in [0.2, 0.25) is 0 Å². The summed E-state index contributed by atoms with van der Waals surface area (Å²) >= 11 is 0. The molecular formula is C26H26F2O3. The van der Waals surface area contributed by atoms with Gasteiger partial charge in [-0.05, 0) is 79.1 Å². The van der Waals surface area contributed by atoms with Gasteiger partial charge >= 0.3 is 0 Å². The van der Waals surface area contributed by atoms with Gasteiger partial charge < -0.3 is 9.84 Å². The number of Topliss-reactive ketones (excluding diaryl/α,β-unsaturated/α-hetero) is 1. The highest BCUT2D eigenvalue weighted by Gasteiger charge is 2.61. The number of ether oxygens (including phenoxy) is 1. The molecule has 1 aliphatic heterocycles. The predicted molar refractivity (Wildman–Crippen MR) is 113 cm³/mol. The number of carbonyl (C=O) groups excluding carboxylic acids is 1. The third kappa shape index (κ3) is 3.54. The summed E-state index contributed by atoms with van der Waals surface area (Å²) in [5.41, 5.74) is 1.42. The van der Waals surface area contributed by atoms with E-state index in [1.807, 2.05) is 6.08 Å². The Bertz CT molecular complexity index is 1010. The molecule has 5 heteroatoms. The third-order valence-electron chi connectivity index (χ3n) is 7.38. The molecule has 0 bridgehead atoms. The molecule has 0 unspecified atom stereocenters. The summed E-state index contributed by atoms with van der Waals surface area (Å²) in [5, 5.41) is 11.3. The van der Waals surface area contributed by atoms with Crippen LogP contribution in [-0.4, -0.2) is 16.7 Å². The molecule has 2 aromatic rings. The highest BCUT2D eigenvalue weighted by Crippen LogP contribution is 2.60. The van der Waals surface area contributed by atoms with Crippen molar-refractivity contribution in [3.63, 3.8) is 0 Å². The molecule has 4 atom stereocenters. The van der Waals surface area contributed by atoms with Gasteiger partial charge in [-0.3, -0.25) is 4.79 Å². The fourth-order valence-corrected chi connectivity index (χ4v) is 5.75. The van der Waals surface area contributed by atoms with Crippen LogP contribution in [0.3, 0.4) is 0 Å². The fraction of sp³-hybridized carbons (Fsp3) is 0.423. The second-order valence-electron chi connectivity index (χ2n) is 9.25. The summed E-state index contributed by atoms with van der Waals surface area (Å²) in [5.74, 6) is -1.97. The molecule has 3 aliphatic rings. The molecule has 0 radical (unpaired) electrons. The molecule has 0 aromatic heterocycles. The summed E-state index contributed by atoms with van der Waals surface area (Å²) in [7, 11) is 0. The van der Waals surface area contributed by atoms with E-state index < -0.39 is 17.3 Å². The van der Waals surface area contributed by atoms with Gasteiger partial charge in [0.2, 0.25) is 0 Å². The molecule has 1 spiro atoms. The topological polar surface area (TPSA) is 46.5 Å². The lowest BCUT2D eigenvalue weighted by molar-refractivity contribution is -0.323. The molecule has 31 heavy (non-hydrogen) atoms. The zero-order chi connectivity index (χ0) is 21.6. The van der Waals surface area contributed by atoms with Crippen molar-refractivity contribution in [3.8, 4) is 0 Å². The molecule has 3 nitrogen and oxygen atoms in total. The quantitative estimate of drug-likeness (QED) is 0.626. The molecule has 1 saturated heterocycles. The molecular weight excluding hydrogens is 398 g/mol. The van der Waals surface area contributed by atoms with Gasteiger partial charge in [-0.1, -0.05) is 30.7 Å². The number of benzene rings is 2. The van der Waals surface area contributed by atoms with Gasteiger partial charge in [-0.25, -0.2) is 8.78 Å². The number of aliphatic hydroxyl groups is 1. The van der Waals surface area contributed by atoms with Gasteiger partial charge in [-0.2, -0.15) is 0 Å². The van der Waals surface area contributed by atoms with Crippen LogP contribution in [0, 0.1) is 23.0 Å². The molecule has 1 N–H and O–H groups in total. The van der Waals surface area contributed by atoms with E-state index in [0.29, 0.717) is 31.3 Å². The SMILES string of the molecule is O=C1C(=Cc2ccc(F)cc2)CC[C@]12C[C@H]1CCCC[C@]1(O)O[C@@H]2c1ccc(F)cc1. The Morgan fingerprint density at radius 3 is 2.35 bits per heavy atom. The highest BCUT2D eigenvalue weighted by atomic mass is 19.1. The van der Waals surface area contributed by atoms with Crippen molar-refractivity contribution in [2.75, 3.05) is 0 Å². The highest BCUT2D eigenvalue weighted by molar-refractivity contribution is 6.06. The van der Waals surface area contributed by atoms with Gasteiger partial charge in [0.1, 0.15) is 11.6 Å². The molecule has 3 fully saturated rings. The van der Waals surface area contributed by atoms with Crippen molar-refractivity contribution in [2.45, 2.75) is 56.8 Å². The van der Waals surface area contributed by atoms with Gasteiger partial charge in [0.15, 0.2) is 11.6 Å². The maximum atomic E-state index is 13.8. The van der Waals surface area contributed by atoms with Crippen LogP contribution >= 0.6 is 0 Å². The molecule has 0 amide bonds. The van der Waals surface area contributed by atoms with Gasteiger partial charge in [-0.15, -0.1) is 0 Å². The molecule has 162 valence electrons. The number of hydrogen-bond donors (Lipinski definition) is 1. The minimum atomic E-state index is -1.24. The summed E-state index contributed by atoms with van der Waals surface area (Å²) in [4.78, 5) is 13.8. The number of halogens is 2. The fourth-order valence-electron chi connectivity index (χ4n) is 5.75. The standard InChI is InChI=1S/C26H26F2O3/c27-21-8-4-17(5-9-21)15-19-12-14-25(23(19)29)16-20-3-1-2-13-26(20,30)31-24(25)18-6-10-22(28)11-7-18/h4-11,15,20,24,30H,1-3,12-14,16H2/t20-,24-,25+,26+/m1/s1. The van der Waals surface area contributed by atoms with Crippen molar-refractivity contribution in [1.82, 2.24) is 0 Å². The molecule has 2 aliphatic carbocycles. The Balaban J connectivity index is 1.54. The largest absolute Gasteiger partial charge is 0.365 e. The van der Waals surface area contributed by atoms with Crippen LogP contribution in [0.4, 0.5) is 8.78 Å². The second-order valence-corrected chi connectivity index (χ2v) is 9.25. The number of fused-ring (bicyclic) bond motifs is 1. The lowest BCUT2D eigenvalue weighted by atomic mass is 9.63. The van der Waals surface area contributed by atoms with Crippen LogP contribution in [0.25, 0.3) is 6.08 Å². The van der Waals surface area contributed by atoms with E-state index in [-0.39, 0.29) is 23.3 Å². The van der Waals surface area contributed by atoms with Gasteiger partial charge in [0.05, 0.1) is 11.5 Å². The van der Waals surface area contributed by atoms with E-state index in [4.69, 9.17) is 4.74 Å². The molecule has 2 saturated carbocycles. The third-order valence-corrected chi connectivity index (χ3v) is 7.38. The van der Waals surface area contributed by atoms with Crippen molar-refractivity contribution < 1.29 is 23.4 Å². The summed E-state index contributed by atoms with van der Waals surface area (Å²) in [6.45, 7) is 0. The number of carbonyl (C=O) groups is 1. The second kappa shape index (κ2) is 7.64. The van der Waals surface area contributed by atoms with Crippen LogP contribution in [-0.2, 0) is 9.53 Å². The van der Waals surface area contributed by atoms with Crippen molar-refractivity contribution >= 4 is 11.9 Å². The summed E-state index contributed by atoms with van der Waals surface area (Å²) in [6.07, 6.45) is 6.27. The first-order chi connectivity index (χ1) is 14.9. The van der Waals surface area contributed by atoms with E-state index in [0.717, 1.165) is 30.4 Å². The van der Waals surface area contributed by atoms with Crippen molar-refractivity contribution in [1.29, 1.82) is 0 Å². The van der Waals surface area contributed by atoms with E-state index in [2.05, 4.69) is 0 Å². The predicted octanol–water partition coefficient (Wildman–Crippen LogP) is 5.74. The average Bonchev–Trinajstić information content (AvgIpc) is 3.06. The van der Waals surface area contributed by atoms with E-state index >= 15 is 0 Å². The maximum Gasteiger partial charge on any atom is 0.169 e. The van der Waals surface area contributed by atoms with E-state index in [1.54, 1.807) is 24.3 Å². The Morgan fingerprint density at radius 2 is 1.65 bits per heavy atom. The number of rotatable bonds is 2. The normalized spacial score (nSPS) is 34.3. The Kier molecular flexibility index (Phi) is 5.06. The average molecular weight is 424 g/mol. The lowest BCUT2D eigenvalue weighted by Gasteiger charge is -2.53. The molecule has 1 heterocycles. The lowest BCUT2D eigenvalue weighted by Crippen LogP contribution is -2.55. The van der Waals surface area contributed by atoms with Gasteiger partial charge in [0.25, 0.3) is 0 Å². The molecule has 2 aromatic carbocycles. The van der Waals surface area contributed by atoms with Crippen molar-refractivity contribution in [2.24, 2.45) is 11.3 Å². The van der Waals surface area contributed by atoms with Crippen molar-refractivity contribution in [3.05, 3.63) is 76.9 Å². The Labute approximate surface area is 180 Å². The first kappa shape index (κ1) is 20.5. The van der Waals surface area contributed by atoms with Crippen LogP contribution in [0.5, 0.6) is 0 Å². The van der Waals surface area contributed by atoms with Gasteiger partial charge in [0, 0.05) is 12.3 Å². The number of allylic oxidation sites excluding steroid dienone is 1. The summed E-state index contributed by atoms with van der Waals surface area (Å²) < 4.78 is 33.2. The maximum absolute atomic E-state index is 13.8. The van der Waals surface area contributed by atoms with Crippen LogP contribution in [0.1, 0.15) is 62.2 Å². The Hall–Kier alpha value is -2.37. The Morgan fingerprint density at radius 1 is 0.968 bits per heavy atom. The first-order valence-corrected chi connectivity index (χ1v) is 11.1. The minimum Gasteiger partial charge on any atom is -0.365 e. The molecule has 5 rings (SSSR count). The number of hydrogen-bond acceptors (Lipinski definition) is 3. The van der Waals surface area contributed by atoms with Crippen LogP contribution in [0.15, 0.2) is 54.1 Å². The number of ketones is 1. The minimum absolute atomic E-state index is 0.0266.